The molecule has 0 unspecified atom stereocenters. The molecule has 0 aromatic carbocycles. The molecule has 0 aliphatic heterocycles. The highest BCUT2D eigenvalue weighted by Crippen LogP contribution is 2.38. The molecule has 0 atom stereocenters. The van der Waals surface area contributed by atoms with E-state index in [-0.39, 0.29) is 5.56 Å². The van der Waals surface area contributed by atoms with Crippen molar-refractivity contribution < 1.29 is 14.4 Å². The molecule has 1 aliphatic carbocycles. The van der Waals surface area contributed by atoms with Gasteiger partial charge in [-0.2, -0.15) is 10.1 Å². The highest BCUT2D eigenvalue weighted by atomic mass is 16.5. The molecule has 0 radical (unpaired) electrons. The Morgan fingerprint density at radius 3 is 3.00 bits per heavy atom. The third-order valence-electron chi connectivity index (χ3n) is 3.04. The SMILES string of the molecule is Cc1c(C(=O)O)cnn1Cc1nc(C2CC2)no1. The highest BCUT2D eigenvalue weighted by Gasteiger charge is 2.28. The van der Waals surface area contributed by atoms with Gasteiger partial charge in [-0.25, -0.2) is 4.79 Å². The molecule has 0 saturated heterocycles. The van der Waals surface area contributed by atoms with Crippen LogP contribution in [0, 0.1) is 6.92 Å². The van der Waals surface area contributed by atoms with Gasteiger partial charge in [-0.3, -0.25) is 4.68 Å². The van der Waals surface area contributed by atoms with Crippen LogP contribution in [0.25, 0.3) is 0 Å². The second-order valence-electron chi connectivity index (χ2n) is 4.43. The van der Waals surface area contributed by atoms with Crippen LogP contribution in [0.4, 0.5) is 0 Å². The number of hydrogen-bond donors (Lipinski definition) is 1. The number of aromatic nitrogens is 4. The fourth-order valence-corrected chi connectivity index (χ4v) is 1.78. The number of carboxylic acids is 1. The van der Waals surface area contributed by atoms with Gasteiger partial charge in [0.25, 0.3) is 0 Å². The predicted molar refractivity (Wildman–Crippen MR) is 59.3 cm³/mol. The van der Waals surface area contributed by atoms with Crippen LogP contribution in [0.5, 0.6) is 0 Å². The summed E-state index contributed by atoms with van der Waals surface area (Å²) in [6, 6.07) is 0. The van der Waals surface area contributed by atoms with Crippen molar-refractivity contribution in [2.45, 2.75) is 32.2 Å². The Hall–Kier alpha value is -2.18. The molecule has 94 valence electrons. The van der Waals surface area contributed by atoms with Crippen LogP contribution >= 0.6 is 0 Å². The quantitative estimate of drug-likeness (QED) is 0.873. The zero-order chi connectivity index (χ0) is 12.7. The number of carboxylic acid groups (broad SMARTS) is 1. The summed E-state index contributed by atoms with van der Waals surface area (Å²) >= 11 is 0. The van der Waals surface area contributed by atoms with Crippen molar-refractivity contribution in [3.63, 3.8) is 0 Å². The van der Waals surface area contributed by atoms with Gasteiger partial charge in [-0.1, -0.05) is 5.16 Å². The van der Waals surface area contributed by atoms with E-state index in [1.165, 1.54) is 6.20 Å². The second kappa shape index (κ2) is 3.94. The van der Waals surface area contributed by atoms with E-state index in [2.05, 4.69) is 15.2 Å². The van der Waals surface area contributed by atoms with Crippen LogP contribution in [0.2, 0.25) is 0 Å². The van der Waals surface area contributed by atoms with E-state index < -0.39 is 5.97 Å². The lowest BCUT2D eigenvalue weighted by Gasteiger charge is -1.99. The van der Waals surface area contributed by atoms with Gasteiger partial charge in [0.15, 0.2) is 5.82 Å². The van der Waals surface area contributed by atoms with Crippen LogP contribution in [-0.4, -0.2) is 31.0 Å². The van der Waals surface area contributed by atoms with Gasteiger partial charge in [0, 0.05) is 5.92 Å². The summed E-state index contributed by atoms with van der Waals surface area (Å²) in [5.41, 5.74) is 0.769. The molecule has 2 heterocycles. The van der Waals surface area contributed by atoms with Gasteiger partial charge < -0.3 is 9.63 Å². The summed E-state index contributed by atoms with van der Waals surface area (Å²) in [7, 11) is 0. The lowest BCUT2D eigenvalue weighted by molar-refractivity contribution is 0.0696. The Labute approximate surface area is 102 Å². The van der Waals surface area contributed by atoms with E-state index in [0.717, 1.165) is 18.7 Å². The summed E-state index contributed by atoms with van der Waals surface area (Å²) < 4.78 is 6.67. The second-order valence-corrected chi connectivity index (χ2v) is 4.43. The molecule has 2 aromatic heterocycles. The molecule has 0 bridgehead atoms. The summed E-state index contributed by atoms with van der Waals surface area (Å²) in [5, 5.41) is 16.8. The zero-order valence-corrected chi connectivity index (χ0v) is 9.83. The molecule has 0 amide bonds. The van der Waals surface area contributed by atoms with Gasteiger partial charge in [0.2, 0.25) is 5.89 Å². The van der Waals surface area contributed by atoms with Crippen LogP contribution in [0.3, 0.4) is 0 Å². The molecule has 0 spiro atoms. The van der Waals surface area contributed by atoms with E-state index in [1.807, 2.05) is 0 Å². The standard InChI is InChI=1S/C11H12N4O3/c1-6-8(11(16)17)4-12-15(6)5-9-13-10(14-18-9)7-2-3-7/h4,7H,2-3,5H2,1H3,(H,16,17). The molecule has 18 heavy (non-hydrogen) atoms. The number of carbonyl (C=O) groups is 1. The molecule has 3 rings (SSSR count). The third-order valence-corrected chi connectivity index (χ3v) is 3.04. The van der Waals surface area contributed by atoms with Crippen LogP contribution in [0.1, 0.15) is 46.5 Å². The van der Waals surface area contributed by atoms with Crippen LogP contribution in [-0.2, 0) is 6.54 Å². The monoisotopic (exact) mass is 248 g/mol. The Balaban J connectivity index is 1.80. The molecule has 1 saturated carbocycles. The summed E-state index contributed by atoms with van der Waals surface area (Å²) in [5.74, 6) is 0.659. The molecule has 1 aliphatic rings. The fraction of sp³-hybridized carbons (Fsp3) is 0.455. The lowest BCUT2D eigenvalue weighted by Crippen LogP contribution is -2.06. The first-order valence-corrected chi connectivity index (χ1v) is 5.73. The van der Waals surface area contributed by atoms with E-state index in [9.17, 15) is 4.79 Å². The smallest absolute Gasteiger partial charge is 0.339 e. The molecular formula is C11H12N4O3. The minimum Gasteiger partial charge on any atom is -0.478 e. The average Bonchev–Trinajstić information content (AvgIpc) is 2.97. The maximum absolute atomic E-state index is 10.9. The number of aromatic carboxylic acids is 1. The van der Waals surface area contributed by atoms with E-state index in [4.69, 9.17) is 9.63 Å². The van der Waals surface area contributed by atoms with Crippen LogP contribution < -0.4 is 0 Å². The van der Waals surface area contributed by atoms with Gasteiger partial charge in [0.05, 0.1) is 11.9 Å². The lowest BCUT2D eigenvalue weighted by atomic mass is 10.3. The third kappa shape index (κ3) is 1.87. The maximum Gasteiger partial charge on any atom is 0.339 e. The van der Waals surface area contributed by atoms with Gasteiger partial charge >= 0.3 is 5.97 Å². The van der Waals surface area contributed by atoms with Crippen molar-refractivity contribution in [1.82, 2.24) is 19.9 Å². The highest BCUT2D eigenvalue weighted by molar-refractivity contribution is 5.88. The van der Waals surface area contributed by atoms with E-state index in [1.54, 1.807) is 11.6 Å². The predicted octanol–water partition coefficient (Wildman–Crippen LogP) is 1.20. The topological polar surface area (TPSA) is 94.0 Å². The van der Waals surface area contributed by atoms with Gasteiger partial charge in [-0.05, 0) is 19.8 Å². The summed E-state index contributed by atoms with van der Waals surface area (Å²) in [4.78, 5) is 15.2. The van der Waals surface area contributed by atoms with Gasteiger partial charge in [0.1, 0.15) is 12.1 Å². The average molecular weight is 248 g/mol. The van der Waals surface area contributed by atoms with Crippen LogP contribution in [0.15, 0.2) is 10.7 Å². The number of rotatable bonds is 4. The summed E-state index contributed by atoms with van der Waals surface area (Å²) in [6.45, 7) is 2.01. The minimum absolute atomic E-state index is 0.192. The van der Waals surface area contributed by atoms with Crippen molar-refractivity contribution in [1.29, 1.82) is 0 Å². The zero-order valence-electron chi connectivity index (χ0n) is 9.83. The summed E-state index contributed by atoms with van der Waals surface area (Å²) in [6.07, 6.45) is 3.56. The van der Waals surface area contributed by atoms with Gasteiger partial charge in [-0.15, -0.1) is 0 Å². The van der Waals surface area contributed by atoms with Crippen molar-refractivity contribution >= 4 is 5.97 Å². The Bertz CT molecular complexity index is 597. The normalized spacial score (nSPS) is 14.9. The fourth-order valence-electron chi connectivity index (χ4n) is 1.78. The van der Waals surface area contributed by atoms with Crippen molar-refractivity contribution in [2.24, 2.45) is 0 Å². The van der Waals surface area contributed by atoms with Crippen molar-refractivity contribution in [3.8, 4) is 0 Å². The molecule has 1 N–H and O–H groups in total. The Kier molecular flexibility index (Phi) is 2.39. The minimum atomic E-state index is -0.983. The number of nitrogens with zero attached hydrogens (tertiary/aromatic N) is 4. The maximum atomic E-state index is 10.9. The molecular weight excluding hydrogens is 236 g/mol. The Morgan fingerprint density at radius 2 is 2.39 bits per heavy atom. The first kappa shape index (κ1) is 10.9. The largest absolute Gasteiger partial charge is 0.478 e. The molecule has 7 nitrogen and oxygen atoms in total. The molecule has 7 heteroatoms. The van der Waals surface area contributed by atoms with Crippen molar-refractivity contribution in [3.05, 3.63) is 29.2 Å². The molecule has 2 aromatic rings. The van der Waals surface area contributed by atoms with E-state index in [0.29, 0.717) is 24.0 Å². The van der Waals surface area contributed by atoms with E-state index >= 15 is 0 Å². The molecule has 1 fully saturated rings. The van der Waals surface area contributed by atoms with Crippen molar-refractivity contribution in [2.75, 3.05) is 0 Å². The Morgan fingerprint density at radius 1 is 1.61 bits per heavy atom. The first-order chi connectivity index (χ1) is 8.65. The number of hydrogen-bond acceptors (Lipinski definition) is 5. The first-order valence-electron chi connectivity index (χ1n) is 5.73.